The van der Waals surface area contributed by atoms with Crippen LogP contribution in [0.2, 0.25) is 0 Å². The Balaban J connectivity index is 1.93. The summed E-state index contributed by atoms with van der Waals surface area (Å²) in [5.74, 6) is -3.50. The first kappa shape index (κ1) is 27.3. The summed E-state index contributed by atoms with van der Waals surface area (Å²) < 4.78 is 23.1. The van der Waals surface area contributed by atoms with Crippen molar-refractivity contribution >= 4 is 29.7 Å². The molecular weight excluding hydrogens is 480 g/mol. The molecule has 4 saturated carbocycles. The average molecular weight is 519 g/mol. The van der Waals surface area contributed by atoms with E-state index < -0.39 is 64.3 Å². The van der Waals surface area contributed by atoms with Crippen molar-refractivity contribution in [2.24, 2.45) is 34.0 Å². The molecule has 0 heterocycles. The fourth-order valence-corrected chi connectivity index (χ4v) is 8.62. The number of esters is 4. The summed E-state index contributed by atoms with van der Waals surface area (Å²) in [6.07, 6.45) is 0.552. The van der Waals surface area contributed by atoms with Gasteiger partial charge in [-0.15, -0.1) is 0 Å². The molecule has 9 nitrogen and oxygen atoms in total. The first-order chi connectivity index (χ1) is 17.2. The molecular formula is C28H38O9. The zero-order chi connectivity index (χ0) is 27.5. The van der Waals surface area contributed by atoms with Crippen LogP contribution in [0.3, 0.4) is 0 Å². The molecule has 0 aromatic carbocycles. The van der Waals surface area contributed by atoms with Crippen LogP contribution in [-0.2, 0) is 42.9 Å². The van der Waals surface area contributed by atoms with Crippen molar-refractivity contribution < 1.29 is 42.9 Å². The number of carbonyl (C=O) groups excluding carboxylic acids is 5. The molecule has 0 aliphatic heterocycles. The number of ketones is 1. The molecule has 0 aromatic rings. The maximum Gasteiger partial charge on any atom is 0.302 e. The summed E-state index contributed by atoms with van der Waals surface area (Å²) in [5.41, 5.74) is -2.01. The van der Waals surface area contributed by atoms with Crippen LogP contribution < -0.4 is 0 Å². The molecule has 4 fully saturated rings. The second-order valence-electron chi connectivity index (χ2n) is 12.0. The van der Waals surface area contributed by atoms with E-state index in [1.807, 2.05) is 0 Å². The SMILES string of the molecule is C=C1C(=O)[C@@]23[C@H](OC(C)=O)C[C@@H]4[C@@](C)(COC(C)=O)CCC[C@@]4(C)[C@@H]2C[C@H](OC(C)=O)[C@H]1[C@@H]3OC(C)=O. The van der Waals surface area contributed by atoms with Crippen molar-refractivity contribution in [2.75, 3.05) is 6.61 Å². The van der Waals surface area contributed by atoms with Crippen LogP contribution in [0, 0.1) is 34.0 Å². The van der Waals surface area contributed by atoms with E-state index in [0.29, 0.717) is 12.8 Å². The van der Waals surface area contributed by atoms with Gasteiger partial charge in [0.2, 0.25) is 0 Å². The molecule has 4 aliphatic carbocycles. The summed E-state index contributed by atoms with van der Waals surface area (Å²) in [7, 11) is 0. The Morgan fingerprint density at radius 1 is 0.865 bits per heavy atom. The first-order valence-corrected chi connectivity index (χ1v) is 13.1. The molecule has 0 amide bonds. The Hall–Kier alpha value is -2.71. The molecule has 0 N–H and O–H groups in total. The van der Waals surface area contributed by atoms with Gasteiger partial charge in [0.1, 0.15) is 23.7 Å². The van der Waals surface area contributed by atoms with Crippen molar-refractivity contribution in [3.8, 4) is 0 Å². The topological polar surface area (TPSA) is 122 Å². The van der Waals surface area contributed by atoms with Crippen molar-refractivity contribution in [3.05, 3.63) is 12.2 Å². The molecule has 0 radical (unpaired) electrons. The summed E-state index contributed by atoms with van der Waals surface area (Å²) in [4.78, 5) is 62.9. The first-order valence-electron chi connectivity index (χ1n) is 13.1. The highest BCUT2D eigenvalue weighted by atomic mass is 16.6. The number of hydrogen-bond donors (Lipinski definition) is 0. The highest BCUT2D eigenvalue weighted by Gasteiger charge is 2.78. The van der Waals surface area contributed by atoms with Gasteiger partial charge in [0, 0.05) is 33.1 Å². The van der Waals surface area contributed by atoms with Gasteiger partial charge in [-0.05, 0) is 48.5 Å². The average Bonchev–Trinajstić information content (AvgIpc) is 2.91. The van der Waals surface area contributed by atoms with Gasteiger partial charge in [-0.25, -0.2) is 0 Å². The van der Waals surface area contributed by atoms with Gasteiger partial charge in [0.05, 0.1) is 12.5 Å². The molecule has 9 atom stereocenters. The highest BCUT2D eigenvalue weighted by Crippen LogP contribution is 2.72. The summed E-state index contributed by atoms with van der Waals surface area (Å²) in [5, 5.41) is 0. The summed E-state index contributed by atoms with van der Waals surface area (Å²) in [6, 6.07) is 0. The lowest BCUT2D eigenvalue weighted by atomic mass is 9.39. The standard InChI is InChI=1S/C28H38O9/c1-14-23-19(35-16(3)30)11-21-27(7)10-8-9-26(6,13-34-15(2)29)20(27)12-22(36-17(4)31)28(21,24(14)33)25(23)37-18(5)32/h19-23,25H,1,8-13H2,2-7H3/t19-,20+,21-,22+,23-,25-,26+,27+,28-/m0/s1. The third-order valence-corrected chi connectivity index (χ3v) is 9.73. The number of carbonyl (C=O) groups is 5. The van der Waals surface area contributed by atoms with Gasteiger partial charge in [0.15, 0.2) is 5.78 Å². The Kier molecular flexibility index (Phi) is 6.82. The van der Waals surface area contributed by atoms with E-state index in [-0.39, 0.29) is 29.9 Å². The van der Waals surface area contributed by atoms with E-state index >= 15 is 0 Å². The van der Waals surface area contributed by atoms with E-state index in [0.717, 1.165) is 19.3 Å². The molecule has 4 rings (SSSR count). The predicted octanol–water partition coefficient (Wildman–Crippen LogP) is 3.32. The molecule has 0 saturated heterocycles. The lowest BCUT2D eigenvalue weighted by molar-refractivity contribution is -0.254. The minimum absolute atomic E-state index is 0.0813. The molecule has 1 spiro atoms. The highest BCUT2D eigenvalue weighted by molar-refractivity contribution is 6.05. The molecule has 4 aliphatic rings. The fraction of sp³-hybridized carbons (Fsp3) is 0.750. The Morgan fingerprint density at radius 2 is 1.49 bits per heavy atom. The molecule has 0 aromatic heterocycles. The lowest BCUT2D eigenvalue weighted by Crippen LogP contribution is -2.70. The minimum Gasteiger partial charge on any atom is -0.465 e. The fourth-order valence-electron chi connectivity index (χ4n) is 8.62. The van der Waals surface area contributed by atoms with Crippen LogP contribution in [0.15, 0.2) is 12.2 Å². The normalized spacial score (nSPS) is 42.2. The van der Waals surface area contributed by atoms with Crippen molar-refractivity contribution in [1.29, 1.82) is 0 Å². The largest absolute Gasteiger partial charge is 0.465 e. The summed E-state index contributed by atoms with van der Waals surface area (Å²) >= 11 is 0. The Morgan fingerprint density at radius 3 is 2.05 bits per heavy atom. The zero-order valence-electron chi connectivity index (χ0n) is 22.6. The van der Waals surface area contributed by atoms with E-state index in [2.05, 4.69) is 20.4 Å². The quantitative estimate of drug-likeness (QED) is 0.306. The van der Waals surface area contributed by atoms with Crippen molar-refractivity contribution in [1.82, 2.24) is 0 Å². The van der Waals surface area contributed by atoms with Crippen LogP contribution in [0.4, 0.5) is 0 Å². The van der Waals surface area contributed by atoms with Crippen molar-refractivity contribution in [3.63, 3.8) is 0 Å². The third-order valence-electron chi connectivity index (χ3n) is 9.73. The molecule has 0 unspecified atom stereocenters. The Labute approximate surface area is 217 Å². The number of ether oxygens (including phenoxy) is 4. The van der Waals surface area contributed by atoms with E-state index in [1.54, 1.807) is 0 Å². The van der Waals surface area contributed by atoms with Gasteiger partial charge in [-0.3, -0.25) is 24.0 Å². The second-order valence-corrected chi connectivity index (χ2v) is 12.0. The van der Waals surface area contributed by atoms with Gasteiger partial charge in [-0.1, -0.05) is 26.8 Å². The van der Waals surface area contributed by atoms with Gasteiger partial charge < -0.3 is 18.9 Å². The van der Waals surface area contributed by atoms with Crippen LogP contribution >= 0.6 is 0 Å². The number of hydrogen-bond acceptors (Lipinski definition) is 9. The smallest absolute Gasteiger partial charge is 0.302 e. The number of Topliss-reactive ketones (excluding diaryl/α,β-unsaturated/α-hetero) is 1. The van der Waals surface area contributed by atoms with Crippen LogP contribution in [-0.4, -0.2) is 54.6 Å². The van der Waals surface area contributed by atoms with E-state index in [4.69, 9.17) is 18.9 Å². The van der Waals surface area contributed by atoms with E-state index in [1.165, 1.54) is 27.7 Å². The molecule has 2 bridgehead atoms. The van der Waals surface area contributed by atoms with Crippen molar-refractivity contribution in [2.45, 2.75) is 92.0 Å². The second kappa shape index (κ2) is 9.24. The third kappa shape index (κ3) is 4.09. The lowest BCUT2D eigenvalue weighted by Gasteiger charge is -2.66. The van der Waals surface area contributed by atoms with Gasteiger partial charge in [0.25, 0.3) is 0 Å². The van der Waals surface area contributed by atoms with Gasteiger partial charge in [-0.2, -0.15) is 0 Å². The maximum atomic E-state index is 14.3. The molecule has 37 heavy (non-hydrogen) atoms. The van der Waals surface area contributed by atoms with Crippen LogP contribution in [0.25, 0.3) is 0 Å². The zero-order valence-corrected chi connectivity index (χ0v) is 22.6. The molecule has 204 valence electrons. The number of rotatable bonds is 5. The Bertz CT molecular complexity index is 1050. The predicted molar refractivity (Wildman–Crippen MR) is 130 cm³/mol. The summed E-state index contributed by atoms with van der Waals surface area (Å²) in [6.45, 7) is 13.7. The maximum absolute atomic E-state index is 14.3. The van der Waals surface area contributed by atoms with Crippen LogP contribution in [0.5, 0.6) is 0 Å². The van der Waals surface area contributed by atoms with Gasteiger partial charge >= 0.3 is 23.9 Å². The monoisotopic (exact) mass is 518 g/mol. The van der Waals surface area contributed by atoms with E-state index in [9.17, 15) is 24.0 Å². The molecule has 9 heteroatoms. The minimum atomic E-state index is -1.33. The van der Waals surface area contributed by atoms with Crippen LogP contribution in [0.1, 0.15) is 73.6 Å². The number of fused-ring (bicyclic) bond motifs is 3.